The first-order valence-corrected chi connectivity index (χ1v) is 11.0. The summed E-state index contributed by atoms with van der Waals surface area (Å²) in [6, 6.07) is 9.31. The zero-order chi connectivity index (χ0) is 21.8. The van der Waals surface area contributed by atoms with Crippen molar-refractivity contribution in [3.8, 4) is 23.0 Å². The van der Waals surface area contributed by atoms with Gasteiger partial charge in [-0.2, -0.15) is 4.31 Å². The second kappa shape index (κ2) is 9.00. The maximum Gasteiger partial charge on any atom is 0.262 e. The Morgan fingerprint density at radius 2 is 1.87 bits per heavy atom. The van der Waals surface area contributed by atoms with E-state index in [2.05, 4.69) is 5.32 Å². The minimum atomic E-state index is -3.72. The van der Waals surface area contributed by atoms with Gasteiger partial charge in [0, 0.05) is 19.2 Å². The molecule has 2 aromatic carbocycles. The lowest BCUT2D eigenvalue weighted by Crippen LogP contribution is -2.40. The number of benzene rings is 2. The van der Waals surface area contributed by atoms with Gasteiger partial charge in [-0.25, -0.2) is 8.42 Å². The van der Waals surface area contributed by atoms with Crippen molar-refractivity contribution in [1.82, 2.24) is 4.31 Å². The van der Waals surface area contributed by atoms with E-state index in [1.807, 2.05) is 0 Å². The number of nitrogens with zero attached hydrogens (tertiary/aromatic N) is 1. The van der Waals surface area contributed by atoms with Crippen LogP contribution in [0.4, 0.5) is 5.69 Å². The smallest absolute Gasteiger partial charge is 0.262 e. The molecule has 0 radical (unpaired) electrons. The summed E-state index contributed by atoms with van der Waals surface area (Å²) in [5.41, 5.74) is 0.233. The van der Waals surface area contributed by atoms with Crippen LogP contribution in [0.3, 0.4) is 0 Å². The van der Waals surface area contributed by atoms with E-state index < -0.39 is 15.9 Å². The van der Waals surface area contributed by atoms with E-state index in [-0.39, 0.29) is 37.1 Å². The topological polar surface area (TPSA) is 113 Å². The number of anilines is 1. The number of rotatable bonds is 7. The van der Waals surface area contributed by atoms with Crippen LogP contribution in [0, 0.1) is 0 Å². The van der Waals surface area contributed by atoms with Gasteiger partial charge in [-0.15, -0.1) is 0 Å². The fourth-order valence-corrected chi connectivity index (χ4v) is 4.62. The molecule has 1 N–H and O–H groups in total. The summed E-state index contributed by atoms with van der Waals surface area (Å²) in [6.07, 6.45) is 0. The first-order valence-electron chi connectivity index (χ1n) is 9.55. The number of methoxy groups -OCH3 is 1. The van der Waals surface area contributed by atoms with E-state index in [4.69, 9.17) is 23.7 Å². The van der Waals surface area contributed by atoms with E-state index in [1.165, 1.54) is 29.6 Å². The molecule has 0 atom stereocenters. The quantitative estimate of drug-likeness (QED) is 0.675. The maximum atomic E-state index is 12.9. The zero-order valence-corrected chi connectivity index (χ0v) is 17.6. The molecule has 4 rings (SSSR count). The Morgan fingerprint density at radius 3 is 2.65 bits per heavy atom. The van der Waals surface area contributed by atoms with Gasteiger partial charge in [0.05, 0.1) is 30.9 Å². The molecule has 11 heteroatoms. The van der Waals surface area contributed by atoms with Crippen LogP contribution < -0.4 is 24.3 Å². The molecule has 1 saturated heterocycles. The van der Waals surface area contributed by atoms with E-state index >= 15 is 0 Å². The summed E-state index contributed by atoms with van der Waals surface area (Å²) >= 11 is 0. The largest absolute Gasteiger partial charge is 0.495 e. The molecule has 10 nitrogen and oxygen atoms in total. The Bertz CT molecular complexity index is 1070. The molecule has 2 heterocycles. The third kappa shape index (κ3) is 4.68. The standard InChI is InChI=1S/C20H22N2O8S/c1-26-17-5-3-15(31(24,25)22-6-8-27-9-7-22)11-16(17)21-20(23)12-28-14-2-4-18-19(10-14)30-13-29-18/h2-5,10-11H,6-9,12-13H2,1H3,(H,21,23). The minimum Gasteiger partial charge on any atom is -0.495 e. The van der Waals surface area contributed by atoms with Gasteiger partial charge in [0.25, 0.3) is 5.91 Å². The minimum absolute atomic E-state index is 0.0576. The highest BCUT2D eigenvalue weighted by Gasteiger charge is 2.27. The Hall–Kier alpha value is -3.02. The van der Waals surface area contributed by atoms with Crippen LogP contribution in [0.15, 0.2) is 41.3 Å². The lowest BCUT2D eigenvalue weighted by Gasteiger charge is -2.26. The van der Waals surface area contributed by atoms with Crippen molar-refractivity contribution in [2.75, 3.05) is 52.1 Å². The summed E-state index contributed by atoms with van der Waals surface area (Å²) in [5, 5.41) is 2.65. The number of hydrogen-bond donors (Lipinski definition) is 1. The van der Waals surface area contributed by atoms with E-state index in [1.54, 1.807) is 18.2 Å². The van der Waals surface area contributed by atoms with Gasteiger partial charge < -0.3 is 29.0 Å². The van der Waals surface area contributed by atoms with Gasteiger partial charge in [0.1, 0.15) is 11.5 Å². The van der Waals surface area contributed by atoms with Crippen LogP contribution in [0.1, 0.15) is 0 Å². The number of carbonyl (C=O) groups is 1. The van der Waals surface area contributed by atoms with Gasteiger partial charge in [-0.1, -0.05) is 0 Å². The van der Waals surface area contributed by atoms with Crippen LogP contribution in [0.25, 0.3) is 0 Å². The van der Waals surface area contributed by atoms with Crippen molar-refractivity contribution >= 4 is 21.6 Å². The number of nitrogens with one attached hydrogen (secondary N) is 1. The number of hydrogen-bond acceptors (Lipinski definition) is 8. The van der Waals surface area contributed by atoms with Crippen molar-refractivity contribution in [3.63, 3.8) is 0 Å². The number of fused-ring (bicyclic) bond motifs is 1. The van der Waals surface area contributed by atoms with Crippen molar-refractivity contribution in [1.29, 1.82) is 0 Å². The second-order valence-electron chi connectivity index (χ2n) is 6.73. The van der Waals surface area contributed by atoms with E-state index in [0.717, 1.165) is 0 Å². The average molecular weight is 450 g/mol. The molecule has 0 saturated carbocycles. The molecule has 0 bridgehead atoms. The SMILES string of the molecule is COc1ccc(S(=O)(=O)N2CCOCC2)cc1NC(=O)COc1ccc2c(c1)OCO2. The molecule has 31 heavy (non-hydrogen) atoms. The number of sulfonamides is 1. The van der Waals surface area contributed by atoms with E-state index in [9.17, 15) is 13.2 Å². The van der Waals surface area contributed by atoms with Crippen LogP contribution in [-0.4, -0.2) is 65.4 Å². The molecule has 166 valence electrons. The van der Waals surface area contributed by atoms with Crippen LogP contribution in [0.2, 0.25) is 0 Å². The lowest BCUT2D eigenvalue weighted by atomic mass is 10.3. The summed E-state index contributed by atoms with van der Waals surface area (Å²) < 4.78 is 53.6. The van der Waals surface area contributed by atoms with Gasteiger partial charge in [0.15, 0.2) is 18.1 Å². The van der Waals surface area contributed by atoms with Crippen LogP contribution in [0.5, 0.6) is 23.0 Å². The third-order valence-corrected chi connectivity index (χ3v) is 6.66. The Morgan fingerprint density at radius 1 is 1.10 bits per heavy atom. The lowest BCUT2D eigenvalue weighted by molar-refractivity contribution is -0.118. The maximum absolute atomic E-state index is 12.9. The van der Waals surface area contributed by atoms with Crippen molar-refractivity contribution in [3.05, 3.63) is 36.4 Å². The number of ether oxygens (including phenoxy) is 5. The van der Waals surface area contributed by atoms with Crippen molar-refractivity contribution < 1.29 is 36.9 Å². The Labute approximate surface area is 179 Å². The summed E-state index contributed by atoms with van der Waals surface area (Å²) in [4.78, 5) is 12.5. The molecule has 1 amide bonds. The highest BCUT2D eigenvalue weighted by atomic mass is 32.2. The Kier molecular flexibility index (Phi) is 6.16. The fraction of sp³-hybridized carbons (Fsp3) is 0.350. The molecule has 0 aliphatic carbocycles. The van der Waals surface area contributed by atoms with E-state index in [0.29, 0.717) is 36.2 Å². The Balaban J connectivity index is 1.45. The van der Waals surface area contributed by atoms with Gasteiger partial charge in [0.2, 0.25) is 16.8 Å². The summed E-state index contributed by atoms with van der Waals surface area (Å²) in [5.74, 6) is 1.45. The third-order valence-electron chi connectivity index (χ3n) is 4.77. The van der Waals surface area contributed by atoms with Gasteiger partial charge >= 0.3 is 0 Å². The zero-order valence-electron chi connectivity index (χ0n) is 16.8. The van der Waals surface area contributed by atoms with Gasteiger partial charge in [-0.05, 0) is 30.3 Å². The molecule has 1 fully saturated rings. The first-order chi connectivity index (χ1) is 15.0. The number of amides is 1. The van der Waals surface area contributed by atoms with Crippen molar-refractivity contribution in [2.24, 2.45) is 0 Å². The van der Waals surface area contributed by atoms with Crippen LogP contribution in [-0.2, 0) is 19.6 Å². The predicted octanol–water partition coefficient (Wildman–Crippen LogP) is 1.46. The summed E-state index contributed by atoms with van der Waals surface area (Å²) in [6.45, 7) is 1.09. The molecule has 2 aromatic rings. The monoisotopic (exact) mass is 450 g/mol. The molecular formula is C20H22N2O8S. The fourth-order valence-electron chi connectivity index (χ4n) is 3.18. The predicted molar refractivity (Wildman–Crippen MR) is 109 cm³/mol. The molecule has 0 unspecified atom stereocenters. The molecule has 2 aliphatic rings. The number of morpholine rings is 1. The first kappa shape index (κ1) is 21.2. The normalized spacial score (nSPS) is 16.0. The van der Waals surface area contributed by atoms with Gasteiger partial charge in [-0.3, -0.25) is 4.79 Å². The molecule has 0 aromatic heterocycles. The number of carbonyl (C=O) groups excluding carboxylic acids is 1. The summed E-state index contributed by atoms with van der Waals surface area (Å²) in [7, 11) is -2.28. The van der Waals surface area contributed by atoms with Crippen LogP contribution >= 0.6 is 0 Å². The molecule has 0 spiro atoms. The highest BCUT2D eigenvalue weighted by Crippen LogP contribution is 2.35. The average Bonchev–Trinajstić information content (AvgIpc) is 3.26. The van der Waals surface area contributed by atoms with Crippen molar-refractivity contribution in [2.45, 2.75) is 4.90 Å². The highest BCUT2D eigenvalue weighted by molar-refractivity contribution is 7.89. The molecule has 2 aliphatic heterocycles. The molecular weight excluding hydrogens is 428 g/mol. The second-order valence-corrected chi connectivity index (χ2v) is 8.67.